The third kappa shape index (κ3) is 2.02. The van der Waals surface area contributed by atoms with E-state index in [2.05, 4.69) is 5.32 Å². The lowest BCUT2D eigenvalue weighted by molar-refractivity contribution is -0.117. The summed E-state index contributed by atoms with van der Waals surface area (Å²) in [6.07, 6.45) is 0.0381. The second kappa shape index (κ2) is 4.10. The van der Waals surface area contributed by atoms with Crippen LogP contribution in [0.2, 0.25) is 0 Å². The highest BCUT2D eigenvalue weighted by molar-refractivity contribution is 7.14. The number of carbonyl (C=O) groups excluding carboxylic acids is 2. The number of thiophene rings is 1. The standard InChI is InChI=1S/C8H11N3O2S/c1-11-8(13)6-4(2-5(9)12)3-14-7(6)10/h3H,2,10H2,1H3,(H2,9,12)(H,11,13). The van der Waals surface area contributed by atoms with Crippen LogP contribution in [0.3, 0.4) is 0 Å². The van der Waals surface area contributed by atoms with E-state index >= 15 is 0 Å². The summed E-state index contributed by atoms with van der Waals surface area (Å²) in [7, 11) is 1.51. The van der Waals surface area contributed by atoms with Crippen LogP contribution in [0.15, 0.2) is 5.38 Å². The average molecular weight is 213 g/mol. The largest absolute Gasteiger partial charge is 0.390 e. The number of anilines is 1. The van der Waals surface area contributed by atoms with Crippen LogP contribution in [-0.4, -0.2) is 18.9 Å². The van der Waals surface area contributed by atoms with Crippen LogP contribution in [0.25, 0.3) is 0 Å². The molecule has 0 saturated heterocycles. The summed E-state index contributed by atoms with van der Waals surface area (Å²) in [6.45, 7) is 0. The van der Waals surface area contributed by atoms with Gasteiger partial charge in [0.25, 0.3) is 5.91 Å². The number of nitrogen functional groups attached to an aromatic ring is 1. The van der Waals surface area contributed by atoms with Crippen LogP contribution in [0.4, 0.5) is 5.00 Å². The minimum absolute atomic E-state index is 0.0381. The summed E-state index contributed by atoms with van der Waals surface area (Å²) in [5.74, 6) is -0.770. The molecule has 1 aromatic rings. The van der Waals surface area contributed by atoms with Gasteiger partial charge in [-0.3, -0.25) is 9.59 Å². The Labute approximate surface area is 85.1 Å². The molecule has 14 heavy (non-hydrogen) atoms. The molecular formula is C8H11N3O2S. The molecule has 5 nitrogen and oxygen atoms in total. The normalized spacial score (nSPS) is 9.79. The molecule has 1 heterocycles. The number of nitrogens with one attached hydrogen (secondary N) is 1. The molecule has 0 aliphatic heterocycles. The number of carbonyl (C=O) groups is 2. The summed E-state index contributed by atoms with van der Waals surface area (Å²) in [6, 6.07) is 0. The van der Waals surface area contributed by atoms with Crippen molar-refractivity contribution in [2.24, 2.45) is 5.73 Å². The van der Waals surface area contributed by atoms with Crippen LogP contribution >= 0.6 is 11.3 Å². The summed E-state index contributed by atoms with van der Waals surface area (Å²) >= 11 is 1.23. The van der Waals surface area contributed by atoms with Crippen molar-refractivity contribution >= 4 is 28.2 Å². The Morgan fingerprint density at radius 1 is 1.57 bits per heavy atom. The van der Waals surface area contributed by atoms with E-state index in [1.54, 1.807) is 5.38 Å². The summed E-state index contributed by atoms with van der Waals surface area (Å²) in [4.78, 5) is 22.1. The number of hydrogen-bond acceptors (Lipinski definition) is 4. The highest BCUT2D eigenvalue weighted by Crippen LogP contribution is 2.25. The molecule has 5 N–H and O–H groups in total. The molecule has 1 rings (SSSR count). The van der Waals surface area contributed by atoms with Gasteiger partial charge in [-0.05, 0) is 10.9 Å². The van der Waals surface area contributed by atoms with Crippen molar-refractivity contribution in [3.8, 4) is 0 Å². The molecule has 76 valence electrons. The maximum atomic E-state index is 11.4. The number of hydrogen-bond donors (Lipinski definition) is 3. The van der Waals surface area contributed by atoms with E-state index in [1.807, 2.05) is 0 Å². The maximum Gasteiger partial charge on any atom is 0.254 e. The quantitative estimate of drug-likeness (QED) is 0.643. The molecule has 2 amide bonds. The van der Waals surface area contributed by atoms with Crippen molar-refractivity contribution in [1.82, 2.24) is 5.32 Å². The third-order valence-electron chi connectivity index (χ3n) is 1.71. The van der Waals surface area contributed by atoms with Gasteiger partial charge in [-0.1, -0.05) is 0 Å². The lowest BCUT2D eigenvalue weighted by atomic mass is 10.1. The van der Waals surface area contributed by atoms with Crippen LogP contribution in [0.5, 0.6) is 0 Å². The Morgan fingerprint density at radius 3 is 2.71 bits per heavy atom. The van der Waals surface area contributed by atoms with E-state index in [1.165, 1.54) is 18.4 Å². The molecule has 0 unspecified atom stereocenters. The Bertz CT molecular complexity index is 373. The van der Waals surface area contributed by atoms with Crippen molar-refractivity contribution in [1.29, 1.82) is 0 Å². The van der Waals surface area contributed by atoms with Crippen LogP contribution in [-0.2, 0) is 11.2 Å². The second-order valence-electron chi connectivity index (χ2n) is 2.72. The molecule has 1 aromatic heterocycles. The van der Waals surface area contributed by atoms with Gasteiger partial charge in [0.15, 0.2) is 0 Å². The number of primary amides is 1. The predicted octanol–water partition coefficient (Wildman–Crippen LogP) is -0.282. The molecule has 0 spiro atoms. The zero-order valence-corrected chi connectivity index (χ0v) is 8.48. The van der Waals surface area contributed by atoms with Gasteiger partial charge >= 0.3 is 0 Å². The molecule has 0 saturated carbocycles. The van der Waals surface area contributed by atoms with Crippen molar-refractivity contribution in [2.45, 2.75) is 6.42 Å². The summed E-state index contributed by atoms with van der Waals surface area (Å²) < 4.78 is 0. The fourth-order valence-corrected chi connectivity index (χ4v) is 1.92. The van der Waals surface area contributed by atoms with E-state index in [4.69, 9.17) is 11.5 Å². The average Bonchev–Trinajstić information content (AvgIpc) is 2.45. The molecular weight excluding hydrogens is 202 g/mol. The Kier molecular flexibility index (Phi) is 3.08. The maximum absolute atomic E-state index is 11.4. The first-order chi connectivity index (χ1) is 6.56. The minimum atomic E-state index is -0.479. The molecule has 0 atom stereocenters. The number of nitrogens with two attached hydrogens (primary N) is 2. The Balaban J connectivity index is 3.05. The smallest absolute Gasteiger partial charge is 0.254 e. The molecule has 0 aliphatic rings. The topological polar surface area (TPSA) is 98.2 Å². The fourth-order valence-electron chi connectivity index (χ4n) is 1.11. The van der Waals surface area contributed by atoms with Crippen LogP contribution in [0.1, 0.15) is 15.9 Å². The Morgan fingerprint density at radius 2 is 2.21 bits per heavy atom. The SMILES string of the molecule is CNC(=O)c1c(CC(N)=O)csc1N. The first-order valence-corrected chi connectivity index (χ1v) is 4.80. The second-order valence-corrected chi connectivity index (χ2v) is 3.63. The van der Waals surface area contributed by atoms with Gasteiger partial charge in [-0.25, -0.2) is 0 Å². The first-order valence-electron chi connectivity index (χ1n) is 3.92. The zero-order valence-electron chi connectivity index (χ0n) is 7.66. The van der Waals surface area contributed by atoms with Crippen molar-refractivity contribution in [3.05, 3.63) is 16.5 Å². The minimum Gasteiger partial charge on any atom is -0.390 e. The molecule has 0 fully saturated rings. The Hall–Kier alpha value is -1.56. The van der Waals surface area contributed by atoms with Crippen molar-refractivity contribution in [3.63, 3.8) is 0 Å². The van der Waals surface area contributed by atoms with E-state index in [9.17, 15) is 9.59 Å². The lowest BCUT2D eigenvalue weighted by Crippen LogP contribution is -2.22. The van der Waals surface area contributed by atoms with Crippen LogP contribution < -0.4 is 16.8 Å². The van der Waals surface area contributed by atoms with Crippen LogP contribution in [0, 0.1) is 0 Å². The van der Waals surface area contributed by atoms with Gasteiger partial charge in [0.2, 0.25) is 5.91 Å². The summed E-state index contributed by atoms with van der Waals surface area (Å²) in [5, 5.41) is 4.53. The number of rotatable bonds is 3. The predicted molar refractivity (Wildman–Crippen MR) is 55.0 cm³/mol. The van der Waals surface area contributed by atoms with Gasteiger partial charge in [0, 0.05) is 7.05 Å². The highest BCUT2D eigenvalue weighted by atomic mass is 32.1. The van der Waals surface area contributed by atoms with E-state index in [0.29, 0.717) is 16.1 Å². The molecule has 0 aliphatic carbocycles. The van der Waals surface area contributed by atoms with Gasteiger partial charge in [-0.15, -0.1) is 11.3 Å². The van der Waals surface area contributed by atoms with Gasteiger partial charge < -0.3 is 16.8 Å². The van der Waals surface area contributed by atoms with Gasteiger partial charge in [0.05, 0.1) is 17.0 Å². The zero-order chi connectivity index (χ0) is 10.7. The first kappa shape index (κ1) is 10.5. The van der Waals surface area contributed by atoms with E-state index in [0.717, 1.165) is 0 Å². The fraction of sp³-hybridized carbons (Fsp3) is 0.250. The van der Waals surface area contributed by atoms with Crippen molar-refractivity contribution < 1.29 is 9.59 Å². The van der Waals surface area contributed by atoms with Crippen molar-refractivity contribution in [2.75, 3.05) is 12.8 Å². The number of amides is 2. The molecule has 6 heteroatoms. The van der Waals surface area contributed by atoms with E-state index in [-0.39, 0.29) is 12.3 Å². The molecule has 0 aromatic carbocycles. The monoisotopic (exact) mass is 213 g/mol. The highest BCUT2D eigenvalue weighted by Gasteiger charge is 2.17. The van der Waals surface area contributed by atoms with E-state index < -0.39 is 5.91 Å². The molecule has 0 radical (unpaired) electrons. The third-order valence-corrected chi connectivity index (χ3v) is 2.57. The lowest BCUT2D eigenvalue weighted by Gasteiger charge is -2.01. The van der Waals surface area contributed by atoms with Gasteiger partial charge in [0.1, 0.15) is 0 Å². The molecule has 0 bridgehead atoms. The summed E-state index contributed by atoms with van der Waals surface area (Å²) in [5.41, 5.74) is 11.6. The van der Waals surface area contributed by atoms with Gasteiger partial charge in [-0.2, -0.15) is 0 Å².